The van der Waals surface area contributed by atoms with Crippen molar-refractivity contribution in [2.45, 2.75) is 31.5 Å². The number of piperidine rings is 1. The van der Waals surface area contributed by atoms with Gasteiger partial charge in [-0.15, -0.1) is 0 Å². The second-order valence-corrected chi connectivity index (χ2v) is 8.92. The molecular formula is C23H25F4N7. The van der Waals surface area contributed by atoms with Gasteiger partial charge in [-0.1, -0.05) is 0 Å². The first kappa shape index (κ1) is 22.6. The molecule has 2 aliphatic heterocycles. The highest BCUT2D eigenvalue weighted by Gasteiger charge is 2.35. The number of hydrogen-bond acceptors (Lipinski definition) is 6. The first-order chi connectivity index (χ1) is 16.3. The molecule has 2 fully saturated rings. The van der Waals surface area contributed by atoms with Gasteiger partial charge in [0.15, 0.2) is 0 Å². The van der Waals surface area contributed by atoms with Crippen molar-refractivity contribution in [3.8, 4) is 11.3 Å². The largest absolute Gasteiger partial charge is 0.419 e. The summed E-state index contributed by atoms with van der Waals surface area (Å²) in [6.45, 7) is 4.04. The number of halogens is 4. The third-order valence-electron chi connectivity index (χ3n) is 6.55. The third-order valence-corrected chi connectivity index (χ3v) is 6.55. The maximum absolute atomic E-state index is 13.8. The SMILES string of the molecule is Nc1cc(N2CCC(c3nc(-c4ccc(F)c(C(F)(F)F)c4)cn3CC3CNC3)CC2)ncn1. The summed E-state index contributed by atoms with van der Waals surface area (Å²) < 4.78 is 55.6. The molecular weight excluding hydrogens is 450 g/mol. The van der Waals surface area contributed by atoms with Crippen LogP contribution in [0.2, 0.25) is 0 Å². The normalized spacial score (nSPS) is 17.7. The van der Waals surface area contributed by atoms with E-state index in [9.17, 15) is 17.6 Å². The predicted molar refractivity (Wildman–Crippen MR) is 120 cm³/mol. The van der Waals surface area contributed by atoms with E-state index in [-0.39, 0.29) is 11.5 Å². The van der Waals surface area contributed by atoms with Crippen LogP contribution >= 0.6 is 0 Å². The summed E-state index contributed by atoms with van der Waals surface area (Å²) in [4.78, 5) is 15.2. The summed E-state index contributed by atoms with van der Waals surface area (Å²) in [6.07, 6.45) is 0.125. The van der Waals surface area contributed by atoms with Crippen LogP contribution in [-0.4, -0.2) is 45.7 Å². The first-order valence-electron chi connectivity index (χ1n) is 11.3. The summed E-state index contributed by atoms with van der Waals surface area (Å²) in [5.74, 6) is 1.37. The van der Waals surface area contributed by atoms with Crippen molar-refractivity contribution in [1.29, 1.82) is 0 Å². The second-order valence-electron chi connectivity index (χ2n) is 8.92. The minimum atomic E-state index is -4.76. The lowest BCUT2D eigenvalue weighted by Crippen LogP contribution is -2.44. The number of nitrogens with zero attached hydrogens (tertiary/aromatic N) is 5. The summed E-state index contributed by atoms with van der Waals surface area (Å²) in [7, 11) is 0. The second kappa shape index (κ2) is 8.86. The van der Waals surface area contributed by atoms with Crippen LogP contribution in [0.4, 0.5) is 29.2 Å². The van der Waals surface area contributed by atoms with E-state index >= 15 is 0 Å². The fraction of sp³-hybridized carbons (Fsp3) is 0.435. The molecule has 7 nitrogen and oxygen atoms in total. The van der Waals surface area contributed by atoms with E-state index in [1.807, 2.05) is 0 Å². The molecule has 11 heteroatoms. The molecule has 0 atom stereocenters. The average Bonchev–Trinajstić information content (AvgIpc) is 3.20. The summed E-state index contributed by atoms with van der Waals surface area (Å²) in [6, 6.07) is 4.81. The van der Waals surface area contributed by atoms with E-state index in [2.05, 4.69) is 24.8 Å². The van der Waals surface area contributed by atoms with E-state index in [1.165, 1.54) is 12.4 Å². The zero-order valence-electron chi connectivity index (χ0n) is 18.4. The zero-order chi connectivity index (χ0) is 23.9. The van der Waals surface area contributed by atoms with Gasteiger partial charge in [0.25, 0.3) is 0 Å². The van der Waals surface area contributed by atoms with Crippen LogP contribution in [0.3, 0.4) is 0 Å². The quantitative estimate of drug-likeness (QED) is 0.548. The monoisotopic (exact) mass is 475 g/mol. The number of imidazole rings is 1. The number of benzene rings is 1. The lowest BCUT2D eigenvalue weighted by Gasteiger charge is -2.33. The number of aromatic nitrogens is 4. The molecule has 0 amide bonds. The Hall–Kier alpha value is -3.21. The van der Waals surface area contributed by atoms with Crippen LogP contribution in [0, 0.1) is 11.7 Å². The molecule has 34 heavy (non-hydrogen) atoms. The summed E-state index contributed by atoms with van der Waals surface area (Å²) in [5, 5.41) is 3.25. The van der Waals surface area contributed by atoms with Gasteiger partial charge in [0.2, 0.25) is 0 Å². The van der Waals surface area contributed by atoms with Crippen LogP contribution in [0.5, 0.6) is 0 Å². The van der Waals surface area contributed by atoms with Crippen molar-refractivity contribution in [2.24, 2.45) is 5.92 Å². The fourth-order valence-electron chi connectivity index (χ4n) is 4.60. The molecule has 5 rings (SSSR count). The number of hydrogen-bond donors (Lipinski definition) is 2. The molecule has 0 spiro atoms. The number of alkyl halides is 3. The Balaban J connectivity index is 1.41. The Bertz CT molecular complexity index is 1160. The Kier molecular flexibility index (Phi) is 5.88. The molecule has 2 aliphatic rings. The van der Waals surface area contributed by atoms with Crippen molar-refractivity contribution in [3.05, 3.63) is 54.0 Å². The molecule has 0 radical (unpaired) electrons. The van der Waals surface area contributed by atoms with Crippen molar-refractivity contribution >= 4 is 11.6 Å². The Labute approximate surface area is 194 Å². The van der Waals surface area contributed by atoms with E-state index in [0.717, 1.165) is 69.3 Å². The molecule has 0 saturated carbocycles. The van der Waals surface area contributed by atoms with Crippen molar-refractivity contribution < 1.29 is 17.6 Å². The van der Waals surface area contributed by atoms with E-state index < -0.39 is 17.6 Å². The molecule has 4 heterocycles. The first-order valence-corrected chi connectivity index (χ1v) is 11.3. The van der Waals surface area contributed by atoms with Gasteiger partial charge in [0, 0.05) is 62.4 Å². The lowest BCUT2D eigenvalue weighted by atomic mass is 9.95. The minimum Gasteiger partial charge on any atom is -0.384 e. The van der Waals surface area contributed by atoms with Gasteiger partial charge >= 0.3 is 6.18 Å². The van der Waals surface area contributed by atoms with Crippen molar-refractivity contribution in [3.63, 3.8) is 0 Å². The number of rotatable bonds is 5. The summed E-state index contributed by atoms with van der Waals surface area (Å²) >= 11 is 0. The molecule has 0 aliphatic carbocycles. The molecule has 180 valence electrons. The summed E-state index contributed by atoms with van der Waals surface area (Å²) in [5.41, 5.74) is 5.20. The molecule has 2 saturated heterocycles. The average molecular weight is 475 g/mol. The highest BCUT2D eigenvalue weighted by molar-refractivity contribution is 5.60. The van der Waals surface area contributed by atoms with Crippen molar-refractivity contribution in [1.82, 2.24) is 24.8 Å². The van der Waals surface area contributed by atoms with Gasteiger partial charge in [-0.3, -0.25) is 0 Å². The fourth-order valence-corrected chi connectivity index (χ4v) is 4.60. The standard InChI is InChI=1S/C23H25F4N7/c24-18-2-1-16(7-17(18)23(25,26)27)19-12-34(11-14-9-29-10-14)22(32-19)15-3-5-33(6-4-15)21-8-20(28)30-13-31-21/h1-2,7-8,12-15,29H,3-6,9-11H2,(H2,28,30,31). The maximum atomic E-state index is 13.8. The molecule has 3 aromatic rings. The molecule has 0 unspecified atom stereocenters. The number of nitrogens with one attached hydrogen (secondary N) is 1. The number of anilines is 2. The van der Waals surface area contributed by atoms with Gasteiger partial charge in [0.05, 0.1) is 11.3 Å². The number of nitrogens with two attached hydrogens (primary N) is 1. The third kappa shape index (κ3) is 4.56. The molecule has 0 bridgehead atoms. The Morgan fingerprint density at radius 1 is 1.09 bits per heavy atom. The van der Waals surface area contributed by atoms with Gasteiger partial charge in [-0.2, -0.15) is 13.2 Å². The zero-order valence-corrected chi connectivity index (χ0v) is 18.4. The van der Waals surface area contributed by atoms with Crippen molar-refractivity contribution in [2.75, 3.05) is 36.8 Å². The Morgan fingerprint density at radius 3 is 2.50 bits per heavy atom. The lowest BCUT2D eigenvalue weighted by molar-refractivity contribution is -0.139. The highest BCUT2D eigenvalue weighted by Crippen LogP contribution is 2.36. The highest BCUT2D eigenvalue weighted by atomic mass is 19.4. The van der Waals surface area contributed by atoms with E-state index in [4.69, 9.17) is 10.7 Å². The van der Waals surface area contributed by atoms with Gasteiger partial charge in [0.1, 0.15) is 29.6 Å². The van der Waals surface area contributed by atoms with Crippen LogP contribution in [-0.2, 0) is 12.7 Å². The Morgan fingerprint density at radius 2 is 1.85 bits per heavy atom. The molecule has 3 N–H and O–H groups in total. The van der Waals surface area contributed by atoms with Gasteiger partial charge in [-0.25, -0.2) is 19.3 Å². The topological polar surface area (TPSA) is 84.9 Å². The van der Waals surface area contributed by atoms with Crippen LogP contribution in [0.1, 0.15) is 30.1 Å². The van der Waals surface area contributed by atoms with Gasteiger partial charge in [-0.05, 0) is 31.0 Å². The maximum Gasteiger partial charge on any atom is 0.419 e. The smallest absolute Gasteiger partial charge is 0.384 e. The van der Waals surface area contributed by atoms with Gasteiger partial charge < -0.3 is 20.5 Å². The van der Waals surface area contributed by atoms with Crippen LogP contribution < -0.4 is 16.0 Å². The van der Waals surface area contributed by atoms with E-state index in [0.29, 0.717) is 17.4 Å². The number of nitrogen functional groups attached to an aromatic ring is 1. The van der Waals surface area contributed by atoms with Crippen LogP contribution in [0.15, 0.2) is 36.8 Å². The van der Waals surface area contributed by atoms with Crippen LogP contribution in [0.25, 0.3) is 11.3 Å². The molecule has 1 aromatic carbocycles. The molecule has 2 aromatic heterocycles. The predicted octanol–water partition coefficient (Wildman–Crippen LogP) is 3.68. The minimum absolute atomic E-state index is 0.153. The van der Waals surface area contributed by atoms with E-state index in [1.54, 1.807) is 12.3 Å².